The molecule has 0 radical (unpaired) electrons. The van der Waals surface area contributed by atoms with Gasteiger partial charge in [0, 0.05) is 18.8 Å². The first kappa shape index (κ1) is 12.2. The van der Waals surface area contributed by atoms with Crippen molar-refractivity contribution in [2.24, 2.45) is 0 Å². The number of hydrogen-bond acceptors (Lipinski definition) is 3. The molecule has 4 nitrogen and oxygen atoms in total. The Labute approximate surface area is 91.3 Å². The molecule has 0 saturated heterocycles. The van der Waals surface area contributed by atoms with Crippen molar-refractivity contribution in [1.82, 2.24) is 14.9 Å². The number of rotatable bonds is 6. The summed E-state index contributed by atoms with van der Waals surface area (Å²) in [5, 5.41) is 12.4. The lowest BCUT2D eigenvalue weighted by Gasteiger charge is -2.20. The van der Waals surface area contributed by atoms with Crippen LogP contribution in [-0.2, 0) is 0 Å². The predicted molar refractivity (Wildman–Crippen MR) is 60.7 cm³/mol. The molecule has 1 heterocycles. The van der Waals surface area contributed by atoms with Gasteiger partial charge in [-0.1, -0.05) is 6.92 Å². The maximum atomic E-state index is 9.02. The fourth-order valence-corrected chi connectivity index (χ4v) is 1.75. The zero-order chi connectivity index (χ0) is 11.3. The summed E-state index contributed by atoms with van der Waals surface area (Å²) in [5.74, 6) is 0. The number of aliphatic hydroxyl groups excluding tert-OH is 1. The van der Waals surface area contributed by atoms with E-state index in [0.717, 1.165) is 18.7 Å². The first-order valence-corrected chi connectivity index (χ1v) is 5.56. The first-order valence-electron chi connectivity index (χ1n) is 5.56. The molecule has 86 valence electrons. The lowest BCUT2D eigenvalue weighted by molar-refractivity contribution is 0.262. The molecule has 0 amide bonds. The van der Waals surface area contributed by atoms with Crippen LogP contribution in [0.1, 0.15) is 45.0 Å². The van der Waals surface area contributed by atoms with Crippen LogP contribution in [-0.4, -0.2) is 27.8 Å². The second kappa shape index (κ2) is 5.88. The van der Waals surface area contributed by atoms with E-state index in [9.17, 15) is 0 Å². The lowest BCUT2D eigenvalue weighted by Crippen LogP contribution is -2.24. The number of hydrogen-bond donors (Lipinski definition) is 2. The quantitative estimate of drug-likeness (QED) is 0.749. The van der Waals surface area contributed by atoms with Gasteiger partial charge in [0.15, 0.2) is 0 Å². The van der Waals surface area contributed by atoms with Gasteiger partial charge >= 0.3 is 0 Å². The highest BCUT2D eigenvalue weighted by Gasteiger charge is 2.15. The molecule has 0 saturated carbocycles. The third-order valence-corrected chi connectivity index (χ3v) is 2.48. The summed E-state index contributed by atoms with van der Waals surface area (Å²) in [5.41, 5.74) is 1.15. The highest BCUT2D eigenvalue weighted by Crippen LogP contribution is 2.19. The van der Waals surface area contributed by atoms with E-state index in [2.05, 4.69) is 35.6 Å². The summed E-state index contributed by atoms with van der Waals surface area (Å²) in [6, 6.07) is 0.604. The van der Waals surface area contributed by atoms with Gasteiger partial charge in [0.25, 0.3) is 0 Å². The van der Waals surface area contributed by atoms with Crippen LogP contribution < -0.4 is 5.32 Å². The summed E-state index contributed by atoms with van der Waals surface area (Å²) in [4.78, 5) is 4.17. The molecule has 1 aromatic rings. The second-order valence-electron chi connectivity index (χ2n) is 3.94. The van der Waals surface area contributed by atoms with Crippen LogP contribution in [0.2, 0.25) is 0 Å². The van der Waals surface area contributed by atoms with E-state index in [1.165, 1.54) is 0 Å². The Hall–Kier alpha value is -0.870. The van der Waals surface area contributed by atoms with Crippen LogP contribution in [0, 0.1) is 0 Å². The fraction of sp³-hybridized carbons (Fsp3) is 0.727. The number of nitrogens with one attached hydrogen (secondary N) is 1. The Kier molecular flexibility index (Phi) is 4.78. The van der Waals surface area contributed by atoms with Crippen LogP contribution in [0.15, 0.2) is 12.5 Å². The monoisotopic (exact) mass is 211 g/mol. The molecule has 1 aromatic heterocycles. The molecule has 2 N–H and O–H groups in total. The van der Waals surface area contributed by atoms with E-state index in [4.69, 9.17) is 5.11 Å². The molecule has 0 fully saturated rings. The van der Waals surface area contributed by atoms with Crippen LogP contribution in [0.25, 0.3) is 0 Å². The van der Waals surface area contributed by atoms with Gasteiger partial charge in [-0.15, -0.1) is 0 Å². The van der Waals surface area contributed by atoms with Crippen molar-refractivity contribution in [3.8, 4) is 0 Å². The number of aromatic nitrogens is 2. The Morgan fingerprint density at radius 1 is 1.53 bits per heavy atom. The summed E-state index contributed by atoms with van der Waals surface area (Å²) in [6.07, 6.45) is 4.46. The van der Waals surface area contributed by atoms with Crippen LogP contribution in [0.4, 0.5) is 0 Å². The minimum absolute atomic E-state index is 0.195. The van der Waals surface area contributed by atoms with Crippen LogP contribution in [0.5, 0.6) is 0 Å². The molecule has 0 aliphatic carbocycles. The predicted octanol–water partition coefficient (Wildman–Crippen LogP) is 1.50. The number of nitrogens with zero attached hydrogens (tertiary/aromatic N) is 2. The van der Waals surface area contributed by atoms with Gasteiger partial charge in [0.1, 0.15) is 0 Å². The van der Waals surface area contributed by atoms with E-state index in [-0.39, 0.29) is 12.6 Å². The molecule has 0 bridgehead atoms. The molecule has 15 heavy (non-hydrogen) atoms. The summed E-state index contributed by atoms with van der Waals surface area (Å²) < 4.78 is 2.14. The van der Waals surface area contributed by atoms with E-state index in [1.807, 2.05) is 12.5 Å². The molecule has 1 rings (SSSR count). The molecule has 0 aliphatic rings. The van der Waals surface area contributed by atoms with Gasteiger partial charge in [-0.25, -0.2) is 4.98 Å². The maximum Gasteiger partial charge on any atom is 0.0951 e. The zero-order valence-electron chi connectivity index (χ0n) is 9.77. The van der Waals surface area contributed by atoms with Crippen molar-refractivity contribution in [1.29, 1.82) is 0 Å². The largest absolute Gasteiger partial charge is 0.396 e. The minimum Gasteiger partial charge on any atom is -0.396 e. The van der Waals surface area contributed by atoms with Crippen LogP contribution >= 0.6 is 0 Å². The highest BCUT2D eigenvalue weighted by molar-refractivity contribution is 5.06. The topological polar surface area (TPSA) is 50.1 Å². The molecule has 1 unspecified atom stereocenters. The minimum atomic E-state index is 0.195. The number of imidazole rings is 1. The Morgan fingerprint density at radius 3 is 2.80 bits per heavy atom. The van der Waals surface area contributed by atoms with Gasteiger partial charge in [-0.2, -0.15) is 0 Å². The van der Waals surface area contributed by atoms with Crippen molar-refractivity contribution >= 4 is 0 Å². The van der Waals surface area contributed by atoms with Gasteiger partial charge < -0.3 is 15.0 Å². The average Bonchev–Trinajstić information content (AvgIpc) is 2.65. The van der Waals surface area contributed by atoms with Crippen LogP contribution in [0.3, 0.4) is 0 Å². The van der Waals surface area contributed by atoms with Crippen molar-refractivity contribution < 1.29 is 5.11 Å². The first-order chi connectivity index (χ1) is 7.20. The summed E-state index contributed by atoms with van der Waals surface area (Å²) in [6.45, 7) is 7.43. The van der Waals surface area contributed by atoms with Gasteiger partial charge in [-0.05, 0) is 26.8 Å². The fourth-order valence-electron chi connectivity index (χ4n) is 1.75. The van der Waals surface area contributed by atoms with Gasteiger partial charge in [0.05, 0.1) is 18.1 Å². The average molecular weight is 211 g/mol. The Balaban J connectivity index is 2.84. The molecule has 0 aliphatic heterocycles. The summed E-state index contributed by atoms with van der Waals surface area (Å²) in [7, 11) is 0. The van der Waals surface area contributed by atoms with Crippen molar-refractivity contribution in [2.75, 3.05) is 13.2 Å². The van der Waals surface area contributed by atoms with E-state index < -0.39 is 0 Å². The van der Waals surface area contributed by atoms with E-state index in [1.54, 1.807) is 0 Å². The third kappa shape index (κ3) is 3.04. The Morgan fingerprint density at radius 2 is 2.27 bits per heavy atom. The second-order valence-corrected chi connectivity index (χ2v) is 3.94. The molecular weight excluding hydrogens is 190 g/mol. The van der Waals surface area contributed by atoms with Crippen molar-refractivity contribution in [3.05, 3.63) is 18.2 Å². The smallest absolute Gasteiger partial charge is 0.0951 e. The molecule has 1 atom stereocenters. The molecule has 0 spiro atoms. The lowest BCUT2D eigenvalue weighted by atomic mass is 10.1. The maximum absolute atomic E-state index is 9.02. The highest BCUT2D eigenvalue weighted by atomic mass is 16.3. The van der Waals surface area contributed by atoms with Gasteiger partial charge in [-0.3, -0.25) is 0 Å². The standard InChI is InChI=1S/C11H21N3O/c1-4-13-10(5-6-15)11-7-12-8-14(11)9(2)3/h7-10,13,15H,4-6H2,1-3H3. The third-order valence-electron chi connectivity index (χ3n) is 2.48. The molecule has 4 heteroatoms. The SMILES string of the molecule is CCNC(CCO)c1cncn1C(C)C. The zero-order valence-corrected chi connectivity index (χ0v) is 9.77. The van der Waals surface area contributed by atoms with E-state index >= 15 is 0 Å². The summed E-state index contributed by atoms with van der Waals surface area (Å²) >= 11 is 0. The van der Waals surface area contributed by atoms with E-state index in [0.29, 0.717) is 6.04 Å². The van der Waals surface area contributed by atoms with Crippen molar-refractivity contribution in [3.63, 3.8) is 0 Å². The normalized spacial score (nSPS) is 13.4. The number of aliphatic hydroxyl groups is 1. The molecule has 0 aromatic carbocycles. The Bertz CT molecular complexity index is 277. The molecular formula is C11H21N3O. The van der Waals surface area contributed by atoms with Crippen molar-refractivity contribution in [2.45, 2.75) is 39.3 Å². The van der Waals surface area contributed by atoms with Gasteiger partial charge in [0.2, 0.25) is 0 Å².